The molecular weight excluding hydrogens is 295 g/mol. The van der Waals surface area contributed by atoms with Gasteiger partial charge < -0.3 is 0 Å². The van der Waals surface area contributed by atoms with Crippen molar-refractivity contribution in [2.24, 2.45) is 0 Å². The SMILES string of the molecule is O=C(Cl)c1nnc2sc(-c3ccccc3Cl)nn12. The van der Waals surface area contributed by atoms with E-state index in [2.05, 4.69) is 15.3 Å². The third-order valence-electron chi connectivity index (χ3n) is 2.27. The number of nitrogens with zero attached hydrogens (tertiary/aromatic N) is 4. The molecule has 90 valence electrons. The second-order valence-electron chi connectivity index (χ2n) is 3.38. The van der Waals surface area contributed by atoms with Gasteiger partial charge in [-0.1, -0.05) is 41.1 Å². The van der Waals surface area contributed by atoms with Gasteiger partial charge in [0.05, 0.1) is 5.02 Å². The average Bonchev–Trinajstić information content (AvgIpc) is 2.88. The Balaban J connectivity index is 2.20. The molecule has 2 heterocycles. The Morgan fingerprint density at radius 2 is 2.06 bits per heavy atom. The van der Waals surface area contributed by atoms with Gasteiger partial charge >= 0.3 is 0 Å². The van der Waals surface area contributed by atoms with E-state index in [1.54, 1.807) is 6.07 Å². The molecule has 0 amide bonds. The monoisotopic (exact) mass is 298 g/mol. The molecule has 2 aromatic heterocycles. The van der Waals surface area contributed by atoms with Crippen molar-refractivity contribution in [3.05, 3.63) is 35.1 Å². The normalized spacial score (nSPS) is 11.0. The first-order valence-corrected chi connectivity index (χ1v) is 6.41. The molecule has 0 atom stereocenters. The third-order valence-corrected chi connectivity index (χ3v) is 3.70. The number of rotatable bonds is 2. The van der Waals surface area contributed by atoms with E-state index in [9.17, 15) is 4.79 Å². The molecule has 0 aliphatic carbocycles. The van der Waals surface area contributed by atoms with Gasteiger partial charge in [-0.3, -0.25) is 4.79 Å². The molecule has 0 spiro atoms. The first-order chi connectivity index (χ1) is 8.66. The predicted octanol–water partition coefficient (Wildman–Crippen LogP) is 2.89. The quantitative estimate of drug-likeness (QED) is 0.683. The Hall–Kier alpha value is -1.50. The van der Waals surface area contributed by atoms with Crippen LogP contribution >= 0.6 is 34.5 Å². The Labute approximate surface area is 115 Å². The first-order valence-electron chi connectivity index (χ1n) is 4.84. The van der Waals surface area contributed by atoms with Crippen LogP contribution in [0.25, 0.3) is 15.5 Å². The smallest absolute Gasteiger partial charge is 0.272 e. The van der Waals surface area contributed by atoms with E-state index < -0.39 is 5.24 Å². The molecule has 5 nitrogen and oxygen atoms in total. The van der Waals surface area contributed by atoms with Crippen LogP contribution in [0.3, 0.4) is 0 Å². The average molecular weight is 299 g/mol. The number of fused-ring (bicyclic) bond motifs is 1. The van der Waals surface area contributed by atoms with E-state index in [-0.39, 0.29) is 5.82 Å². The van der Waals surface area contributed by atoms with Gasteiger partial charge in [0.2, 0.25) is 10.8 Å². The van der Waals surface area contributed by atoms with Gasteiger partial charge in [-0.15, -0.1) is 10.2 Å². The molecule has 1 aromatic carbocycles. The molecule has 0 N–H and O–H groups in total. The number of carbonyl (C=O) groups excluding carboxylic acids is 1. The van der Waals surface area contributed by atoms with Crippen LogP contribution < -0.4 is 0 Å². The number of aromatic nitrogens is 4. The summed E-state index contributed by atoms with van der Waals surface area (Å²) < 4.78 is 1.32. The van der Waals surface area contributed by atoms with Gasteiger partial charge in [0.1, 0.15) is 5.01 Å². The highest BCUT2D eigenvalue weighted by Crippen LogP contribution is 2.31. The standard InChI is InChI=1S/C10H4Cl2N4OS/c11-6-4-2-1-3-5(6)9-15-16-8(7(12)17)13-14-10(16)18-9/h1-4H. The molecule has 0 bridgehead atoms. The summed E-state index contributed by atoms with van der Waals surface area (Å²) in [6.07, 6.45) is 0. The fourth-order valence-corrected chi connectivity index (χ4v) is 2.76. The highest BCUT2D eigenvalue weighted by Gasteiger charge is 2.17. The summed E-state index contributed by atoms with van der Waals surface area (Å²) in [5, 5.41) is 12.3. The second kappa shape index (κ2) is 4.31. The molecule has 0 saturated carbocycles. The summed E-state index contributed by atoms with van der Waals surface area (Å²) >= 11 is 12.8. The fraction of sp³-hybridized carbons (Fsp3) is 0. The van der Waals surface area contributed by atoms with Gasteiger partial charge in [-0.2, -0.15) is 9.61 Å². The van der Waals surface area contributed by atoms with Crippen molar-refractivity contribution >= 4 is 44.7 Å². The van der Waals surface area contributed by atoms with E-state index in [1.807, 2.05) is 18.2 Å². The summed E-state index contributed by atoms with van der Waals surface area (Å²) in [7, 11) is 0. The summed E-state index contributed by atoms with van der Waals surface area (Å²) in [6.45, 7) is 0. The summed E-state index contributed by atoms with van der Waals surface area (Å²) in [6, 6.07) is 7.31. The minimum absolute atomic E-state index is 0.00113. The van der Waals surface area contributed by atoms with E-state index in [0.29, 0.717) is 15.0 Å². The zero-order valence-electron chi connectivity index (χ0n) is 8.67. The van der Waals surface area contributed by atoms with E-state index in [4.69, 9.17) is 23.2 Å². The van der Waals surface area contributed by atoms with Crippen molar-refractivity contribution in [3.63, 3.8) is 0 Å². The van der Waals surface area contributed by atoms with Crippen LogP contribution in [0.1, 0.15) is 10.6 Å². The van der Waals surface area contributed by atoms with Crippen LogP contribution in [0.4, 0.5) is 0 Å². The molecule has 0 aliphatic heterocycles. The molecule has 0 saturated heterocycles. The number of hydrogen-bond donors (Lipinski definition) is 0. The molecular formula is C10H4Cl2N4OS. The summed E-state index contributed by atoms with van der Waals surface area (Å²) in [5.41, 5.74) is 0.780. The van der Waals surface area contributed by atoms with Crippen molar-refractivity contribution in [1.29, 1.82) is 0 Å². The molecule has 3 aromatic rings. The largest absolute Gasteiger partial charge is 0.291 e. The Bertz CT molecular complexity index is 751. The van der Waals surface area contributed by atoms with Gasteiger partial charge in [0.15, 0.2) is 0 Å². The molecule has 8 heteroatoms. The molecule has 0 radical (unpaired) electrons. The number of hydrogen-bond acceptors (Lipinski definition) is 5. The summed E-state index contributed by atoms with van der Waals surface area (Å²) in [4.78, 5) is 11.6. The lowest BCUT2D eigenvalue weighted by Crippen LogP contribution is -1.99. The van der Waals surface area contributed by atoms with Crippen LogP contribution in [-0.4, -0.2) is 25.1 Å². The van der Waals surface area contributed by atoms with Crippen LogP contribution in [-0.2, 0) is 0 Å². The van der Waals surface area contributed by atoms with Crippen LogP contribution in [0, 0.1) is 0 Å². The lowest BCUT2D eigenvalue weighted by atomic mass is 10.2. The number of carbonyl (C=O) groups is 1. The van der Waals surface area contributed by atoms with Crippen LogP contribution in [0.15, 0.2) is 24.3 Å². The maximum Gasteiger partial charge on any atom is 0.291 e. The molecule has 3 rings (SSSR count). The highest BCUT2D eigenvalue weighted by atomic mass is 35.5. The molecule has 18 heavy (non-hydrogen) atoms. The molecule has 0 fully saturated rings. The number of halogens is 2. The number of benzene rings is 1. The van der Waals surface area contributed by atoms with Crippen molar-refractivity contribution in [3.8, 4) is 10.6 Å². The fourth-order valence-electron chi connectivity index (χ4n) is 1.48. The maximum atomic E-state index is 11.1. The Morgan fingerprint density at radius 3 is 2.78 bits per heavy atom. The molecule has 0 aliphatic rings. The van der Waals surface area contributed by atoms with Gasteiger partial charge in [0, 0.05) is 5.56 Å². The third kappa shape index (κ3) is 1.78. The van der Waals surface area contributed by atoms with E-state index in [0.717, 1.165) is 5.56 Å². The van der Waals surface area contributed by atoms with Gasteiger partial charge in [-0.05, 0) is 17.7 Å². The topological polar surface area (TPSA) is 60.2 Å². The van der Waals surface area contributed by atoms with Crippen molar-refractivity contribution in [2.75, 3.05) is 0 Å². The van der Waals surface area contributed by atoms with E-state index >= 15 is 0 Å². The Morgan fingerprint density at radius 1 is 1.28 bits per heavy atom. The van der Waals surface area contributed by atoms with E-state index in [1.165, 1.54) is 15.9 Å². The van der Waals surface area contributed by atoms with Crippen molar-refractivity contribution in [1.82, 2.24) is 19.8 Å². The van der Waals surface area contributed by atoms with Crippen LogP contribution in [0.5, 0.6) is 0 Å². The minimum Gasteiger partial charge on any atom is -0.272 e. The lowest BCUT2D eigenvalue weighted by molar-refractivity contribution is 0.107. The Kier molecular flexibility index (Phi) is 2.77. The minimum atomic E-state index is -0.696. The first kappa shape index (κ1) is 11.6. The maximum absolute atomic E-state index is 11.1. The molecule has 0 unspecified atom stereocenters. The second-order valence-corrected chi connectivity index (χ2v) is 5.09. The summed E-state index contributed by atoms with van der Waals surface area (Å²) in [5.74, 6) is 0.00113. The van der Waals surface area contributed by atoms with Gasteiger partial charge in [0.25, 0.3) is 5.24 Å². The zero-order chi connectivity index (χ0) is 12.7. The predicted molar refractivity (Wildman–Crippen MR) is 69.3 cm³/mol. The van der Waals surface area contributed by atoms with Crippen molar-refractivity contribution < 1.29 is 4.79 Å². The lowest BCUT2D eigenvalue weighted by Gasteiger charge is -1.97. The zero-order valence-corrected chi connectivity index (χ0v) is 11.0. The highest BCUT2D eigenvalue weighted by molar-refractivity contribution is 7.19. The van der Waals surface area contributed by atoms with Gasteiger partial charge in [-0.25, -0.2) is 0 Å². The van der Waals surface area contributed by atoms with Crippen LogP contribution in [0.2, 0.25) is 5.02 Å². The van der Waals surface area contributed by atoms with Crippen molar-refractivity contribution in [2.45, 2.75) is 0 Å².